The topological polar surface area (TPSA) is 84.8 Å². The molecular formula is C30H33NO7. The molecule has 0 spiro atoms. The summed E-state index contributed by atoms with van der Waals surface area (Å²) in [5.74, 6) is 1.07. The van der Waals surface area contributed by atoms with Gasteiger partial charge >= 0.3 is 5.97 Å². The molecule has 0 unspecified atom stereocenters. The first-order valence-corrected chi connectivity index (χ1v) is 12.5. The Kier molecular flexibility index (Phi) is 9.35. The molecule has 0 saturated carbocycles. The molecule has 0 N–H and O–H groups in total. The van der Waals surface area contributed by atoms with Crippen molar-refractivity contribution in [3.63, 3.8) is 0 Å². The first-order valence-electron chi connectivity index (χ1n) is 12.5. The summed E-state index contributed by atoms with van der Waals surface area (Å²) in [6.45, 7) is 5.51. The van der Waals surface area contributed by atoms with Gasteiger partial charge in [0.2, 0.25) is 0 Å². The third-order valence-corrected chi connectivity index (χ3v) is 6.11. The summed E-state index contributed by atoms with van der Waals surface area (Å²) in [7, 11) is 1.52. The van der Waals surface area contributed by atoms with E-state index in [0.717, 1.165) is 28.2 Å². The maximum atomic E-state index is 11.7. The first-order chi connectivity index (χ1) is 18.5. The fourth-order valence-corrected chi connectivity index (χ4v) is 3.89. The monoisotopic (exact) mass is 519 g/mol. The summed E-state index contributed by atoms with van der Waals surface area (Å²) in [6, 6.07) is 23.5. The van der Waals surface area contributed by atoms with Crippen LogP contribution < -0.4 is 9.47 Å². The average molecular weight is 520 g/mol. The Labute approximate surface area is 223 Å². The number of carbonyl (C=O) groups is 1. The summed E-state index contributed by atoms with van der Waals surface area (Å²) >= 11 is 0. The number of hydrogen-bond acceptors (Lipinski definition) is 8. The van der Waals surface area contributed by atoms with E-state index in [-0.39, 0.29) is 19.2 Å². The molecule has 1 heterocycles. The number of nitrogens with zero attached hydrogens (tertiary/aromatic N) is 1. The van der Waals surface area contributed by atoms with Crippen molar-refractivity contribution in [1.82, 2.24) is 0 Å². The van der Waals surface area contributed by atoms with Crippen LogP contribution >= 0.6 is 0 Å². The lowest BCUT2D eigenvalue weighted by Crippen LogP contribution is -2.49. The van der Waals surface area contributed by atoms with Gasteiger partial charge in [0.15, 0.2) is 0 Å². The molecular weight excluding hydrogens is 486 g/mol. The third-order valence-electron chi connectivity index (χ3n) is 6.11. The van der Waals surface area contributed by atoms with Crippen LogP contribution in [0.3, 0.4) is 0 Å². The molecule has 0 radical (unpaired) electrons. The molecule has 200 valence electrons. The zero-order chi connectivity index (χ0) is 26.8. The van der Waals surface area contributed by atoms with Gasteiger partial charge in [0.05, 0.1) is 19.8 Å². The zero-order valence-corrected chi connectivity index (χ0v) is 22.0. The van der Waals surface area contributed by atoms with E-state index in [2.05, 4.69) is 5.16 Å². The van der Waals surface area contributed by atoms with Crippen LogP contribution in [0.25, 0.3) is 0 Å². The van der Waals surface area contributed by atoms with Gasteiger partial charge in [0.25, 0.3) is 0 Å². The lowest BCUT2D eigenvalue weighted by atomic mass is 9.91. The molecule has 1 fully saturated rings. The molecule has 0 bridgehead atoms. The molecule has 0 aliphatic carbocycles. The SMILES string of the molecule is CCOC(=O)COC1(c2ccc(OCc3ccc(OC/C(=N/OC)c4ccc(C)cc4)cc3)cc2)COC1. The van der Waals surface area contributed by atoms with Crippen molar-refractivity contribution >= 4 is 11.7 Å². The van der Waals surface area contributed by atoms with Crippen LogP contribution in [-0.2, 0) is 36.1 Å². The van der Waals surface area contributed by atoms with Crippen LogP contribution in [0.2, 0.25) is 0 Å². The van der Waals surface area contributed by atoms with E-state index >= 15 is 0 Å². The third kappa shape index (κ3) is 7.12. The van der Waals surface area contributed by atoms with Gasteiger partial charge in [0, 0.05) is 5.56 Å². The van der Waals surface area contributed by atoms with Crippen molar-refractivity contribution in [2.24, 2.45) is 5.16 Å². The Morgan fingerprint density at radius 2 is 1.55 bits per heavy atom. The van der Waals surface area contributed by atoms with Crippen molar-refractivity contribution in [3.05, 3.63) is 95.1 Å². The number of oxime groups is 1. The van der Waals surface area contributed by atoms with Crippen LogP contribution in [0.4, 0.5) is 0 Å². The quantitative estimate of drug-likeness (QED) is 0.182. The fourth-order valence-electron chi connectivity index (χ4n) is 3.89. The highest BCUT2D eigenvalue weighted by atomic mass is 16.6. The minimum Gasteiger partial charge on any atom is -0.489 e. The molecule has 0 atom stereocenters. The minimum absolute atomic E-state index is 0.110. The van der Waals surface area contributed by atoms with Gasteiger partial charge in [-0.2, -0.15) is 0 Å². The predicted octanol–water partition coefficient (Wildman–Crippen LogP) is 4.81. The van der Waals surface area contributed by atoms with Gasteiger partial charge in [-0.05, 0) is 49.2 Å². The highest BCUT2D eigenvalue weighted by Gasteiger charge is 2.42. The lowest BCUT2D eigenvalue weighted by Gasteiger charge is -2.41. The minimum atomic E-state index is -0.631. The Hall–Kier alpha value is -3.88. The number of aryl methyl sites for hydroxylation is 1. The van der Waals surface area contributed by atoms with E-state index in [1.807, 2.05) is 79.7 Å². The Morgan fingerprint density at radius 1 is 0.895 bits per heavy atom. The van der Waals surface area contributed by atoms with Crippen molar-refractivity contribution in [1.29, 1.82) is 0 Å². The summed E-state index contributed by atoms with van der Waals surface area (Å²) in [6.07, 6.45) is 0. The second kappa shape index (κ2) is 13.1. The van der Waals surface area contributed by atoms with Crippen molar-refractivity contribution in [2.75, 3.05) is 40.1 Å². The van der Waals surface area contributed by atoms with Gasteiger partial charge < -0.3 is 28.5 Å². The van der Waals surface area contributed by atoms with Crippen molar-refractivity contribution in [2.45, 2.75) is 26.1 Å². The van der Waals surface area contributed by atoms with Gasteiger partial charge in [-0.3, -0.25) is 0 Å². The predicted molar refractivity (Wildman–Crippen MR) is 143 cm³/mol. The number of ether oxygens (including phenoxy) is 5. The summed E-state index contributed by atoms with van der Waals surface area (Å²) in [4.78, 5) is 16.7. The molecule has 0 amide bonds. The molecule has 0 aromatic heterocycles. The molecule has 3 aromatic carbocycles. The number of benzene rings is 3. The number of hydrogen-bond donors (Lipinski definition) is 0. The van der Waals surface area contributed by atoms with Crippen LogP contribution in [0.1, 0.15) is 29.2 Å². The molecule has 1 aliphatic rings. The Bertz CT molecular complexity index is 1200. The highest BCUT2D eigenvalue weighted by molar-refractivity contribution is 6.01. The Balaban J connectivity index is 1.28. The summed E-state index contributed by atoms with van der Waals surface area (Å²) in [5, 5.41) is 4.11. The lowest BCUT2D eigenvalue weighted by molar-refractivity contribution is -0.221. The molecule has 4 rings (SSSR count). The standard InChI is InChI=1S/C30H33NO7/c1-4-35-29(32)19-38-30(20-34-21-30)25-11-15-27(16-12-25)36-17-23-7-13-26(14-8-23)37-18-28(31-33-3)24-9-5-22(2)6-10-24/h5-16H,4,17-21H2,1-3H3/b31-28-. The molecule has 1 saturated heterocycles. The molecule has 8 heteroatoms. The first kappa shape index (κ1) is 27.2. The fraction of sp³-hybridized carbons (Fsp3) is 0.333. The van der Waals surface area contributed by atoms with E-state index in [9.17, 15) is 4.79 Å². The van der Waals surface area contributed by atoms with Crippen LogP contribution in [-0.4, -0.2) is 51.8 Å². The largest absolute Gasteiger partial charge is 0.489 e. The second-order valence-electron chi connectivity index (χ2n) is 8.91. The van der Waals surface area contributed by atoms with Gasteiger partial charge in [-0.15, -0.1) is 0 Å². The van der Waals surface area contributed by atoms with E-state index in [1.54, 1.807) is 6.92 Å². The van der Waals surface area contributed by atoms with Crippen LogP contribution in [0.15, 0.2) is 78.0 Å². The maximum Gasteiger partial charge on any atom is 0.332 e. The van der Waals surface area contributed by atoms with Crippen LogP contribution in [0.5, 0.6) is 11.5 Å². The van der Waals surface area contributed by atoms with Gasteiger partial charge in [-0.1, -0.05) is 59.3 Å². The smallest absolute Gasteiger partial charge is 0.332 e. The number of esters is 1. The van der Waals surface area contributed by atoms with Gasteiger partial charge in [-0.25, -0.2) is 4.79 Å². The summed E-state index contributed by atoms with van der Waals surface area (Å²) < 4.78 is 28.1. The van der Waals surface area contributed by atoms with E-state index in [4.69, 9.17) is 28.5 Å². The normalized spacial score (nSPS) is 14.3. The number of rotatable bonds is 13. The zero-order valence-electron chi connectivity index (χ0n) is 22.0. The van der Waals surface area contributed by atoms with Crippen LogP contribution in [0, 0.1) is 6.92 Å². The highest BCUT2D eigenvalue weighted by Crippen LogP contribution is 2.34. The maximum absolute atomic E-state index is 11.7. The van der Waals surface area contributed by atoms with E-state index < -0.39 is 5.60 Å². The Morgan fingerprint density at radius 3 is 2.16 bits per heavy atom. The molecule has 3 aromatic rings. The molecule has 1 aliphatic heterocycles. The second-order valence-corrected chi connectivity index (χ2v) is 8.91. The van der Waals surface area contributed by atoms with Crippen molar-refractivity contribution < 1.29 is 33.3 Å². The van der Waals surface area contributed by atoms with E-state index in [1.165, 1.54) is 12.7 Å². The van der Waals surface area contributed by atoms with E-state index in [0.29, 0.717) is 32.1 Å². The van der Waals surface area contributed by atoms with Crippen molar-refractivity contribution in [3.8, 4) is 11.5 Å². The molecule has 38 heavy (non-hydrogen) atoms. The summed E-state index contributed by atoms with van der Waals surface area (Å²) in [5.41, 5.74) is 4.15. The number of carbonyl (C=O) groups excluding carboxylic acids is 1. The molecule has 8 nitrogen and oxygen atoms in total. The average Bonchev–Trinajstić information content (AvgIpc) is 2.91. The van der Waals surface area contributed by atoms with Gasteiger partial charge in [0.1, 0.15) is 49.7 Å².